The van der Waals surface area contributed by atoms with Gasteiger partial charge in [0.25, 0.3) is 5.91 Å². The number of rotatable bonds is 6. The number of hydrogen-bond acceptors (Lipinski definition) is 5. The Morgan fingerprint density at radius 2 is 1.86 bits per heavy atom. The highest BCUT2D eigenvalue weighted by atomic mass is 32.1. The molecule has 0 saturated heterocycles. The minimum atomic E-state index is -0.294. The molecule has 0 aliphatic carbocycles. The van der Waals surface area contributed by atoms with Crippen molar-refractivity contribution in [3.63, 3.8) is 0 Å². The number of amides is 2. The molecular formula is C22H23N3O3S. The number of carbonyl (C=O) groups is 2. The second-order valence-electron chi connectivity index (χ2n) is 6.72. The van der Waals surface area contributed by atoms with E-state index in [-0.39, 0.29) is 18.4 Å². The molecule has 7 heteroatoms. The molecule has 150 valence electrons. The van der Waals surface area contributed by atoms with Gasteiger partial charge in [-0.3, -0.25) is 9.59 Å². The average Bonchev–Trinajstić information content (AvgIpc) is 3.21. The molecule has 0 fully saturated rings. The van der Waals surface area contributed by atoms with Crippen LogP contribution in [0.4, 0.5) is 5.69 Å². The molecular weight excluding hydrogens is 386 g/mol. The van der Waals surface area contributed by atoms with Gasteiger partial charge in [-0.15, -0.1) is 11.3 Å². The molecule has 3 rings (SSSR count). The zero-order chi connectivity index (χ0) is 21.0. The molecule has 0 radical (unpaired) electrons. The molecule has 2 aromatic carbocycles. The number of aryl methyl sites for hydroxylation is 1. The molecule has 3 aromatic rings. The number of thiazole rings is 1. The fourth-order valence-electron chi connectivity index (χ4n) is 2.80. The molecule has 0 unspecified atom stereocenters. The fourth-order valence-corrected chi connectivity index (χ4v) is 3.60. The summed E-state index contributed by atoms with van der Waals surface area (Å²) in [6.45, 7) is 3.89. The molecule has 0 spiro atoms. The van der Waals surface area contributed by atoms with Crippen LogP contribution in [0.25, 0.3) is 10.6 Å². The minimum Gasteiger partial charge on any atom is -0.497 e. The third-order valence-electron chi connectivity index (χ3n) is 4.67. The highest BCUT2D eigenvalue weighted by Gasteiger charge is 2.19. The van der Waals surface area contributed by atoms with Crippen molar-refractivity contribution < 1.29 is 14.3 Å². The molecule has 1 N–H and O–H groups in total. The highest BCUT2D eigenvalue weighted by Crippen LogP contribution is 2.26. The van der Waals surface area contributed by atoms with Gasteiger partial charge in [0.1, 0.15) is 16.5 Å². The van der Waals surface area contributed by atoms with Crippen LogP contribution in [0.5, 0.6) is 5.75 Å². The SMILES string of the molecule is COc1ccc(-c2nc(C(=O)N(C)CC(=O)Nc3cccc(C)c3C)cs2)cc1. The van der Waals surface area contributed by atoms with E-state index in [9.17, 15) is 9.59 Å². The van der Waals surface area contributed by atoms with Crippen LogP contribution in [0.15, 0.2) is 47.8 Å². The Kier molecular flexibility index (Phi) is 6.29. The summed E-state index contributed by atoms with van der Waals surface area (Å²) in [5.41, 5.74) is 4.10. The van der Waals surface area contributed by atoms with Crippen molar-refractivity contribution in [3.05, 3.63) is 64.7 Å². The molecule has 2 amide bonds. The summed E-state index contributed by atoms with van der Waals surface area (Å²) in [7, 11) is 3.21. The number of aromatic nitrogens is 1. The van der Waals surface area contributed by atoms with Gasteiger partial charge in [0.05, 0.1) is 13.7 Å². The van der Waals surface area contributed by atoms with Gasteiger partial charge in [0, 0.05) is 23.7 Å². The standard InChI is InChI=1S/C22H23N3O3S/c1-14-6-5-7-18(15(14)2)23-20(26)12-25(3)22(27)19-13-29-21(24-19)16-8-10-17(28-4)11-9-16/h5-11,13H,12H2,1-4H3,(H,23,26). The van der Waals surface area contributed by atoms with Crippen LogP contribution in [0.3, 0.4) is 0 Å². The first kappa shape index (κ1) is 20.5. The second-order valence-corrected chi connectivity index (χ2v) is 7.58. The van der Waals surface area contributed by atoms with Crippen LogP contribution in [0.1, 0.15) is 21.6 Å². The van der Waals surface area contributed by atoms with Crippen LogP contribution in [-0.4, -0.2) is 42.4 Å². The van der Waals surface area contributed by atoms with Gasteiger partial charge in [-0.2, -0.15) is 0 Å². The van der Waals surface area contributed by atoms with Crippen molar-refractivity contribution in [2.75, 3.05) is 26.0 Å². The van der Waals surface area contributed by atoms with E-state index in [2.05, 4.69) is 10.3 Å². The Morgan fingerprint density at radius 1 is 1.14 bits per heavy atom. The van der Waals surface area contributed by atoms with Crippen LogP contribution < -0.4 is 10.1 Å². The minimum absolute atomic E-state index is 0.0540. The number of nitrogens with zero attached hydrogens (tertiary/aromatic N) is 2. The van der Waals surface area contributed by atoms with Crippen molar-refractivity contribution >= 4 is 28.8 Å². The average molecular weight is 410 g/mol. The lowest BCUT2D eigenvalue weighted by molar-refractivity contribution is -0.116. The summed E-state index contributed by atoms with van der Waals surface area (Å²) in [4.78, 5) is 30.8. The third kappa shape index (κ3) is 4.81. The van der Waals surface area contributed by atoms with E-state index in [0.717, 1.165) is 33.1 Å². The molecule has 0 atom stereocenters. The summed E-state index contributed by atoms with van der Waals surface area (Å²) in [5.74, 6) is 0.216. The van der Waals surface area contributed by atoms with Gasteiger partial charge >= 0.3 is 0 Å². The van der Waals surface area contributed by atoms with Crippen molar-refractivity contribution in [3.8, 4) is 16.3 Å². The van der Waals surface area contributed by atoms with Crippen molar-refractivity contribution in [2.45, 2.75) is 13.8 Å². The maximum absolute atomic E-state index is 12.7. The molecule has 0 bridgehead atoms. The lowest BCUT2D eigenvalue weighted by atomic mass is 10.1. The normalized spacial score (nSPS) is 10.5. The van der Waals surface area contributed by atoms with Crippen LogP contribution in [-0.2, 0) is 4.79 Å². The monoisotopic (exact) mass is 409 g/mol. The first-order valence-corrected chi connectivity index (χ1v) is 9.98. The highest BCUT2D eigenvalue weighted by molar-refractivity contribution is 7.13. The summed E-state index contributed by atoms with van der Waals surface area (Å²) < 4.78 is 5.16. The van der Waals surface area contributed by atoms with Gasteiger partial charge < -0.3 is 15.0 Å². The number of hydrogen-bond donors (Lipinski definition) is 1. The Labute approximate surface area is 174 Å². The lowest BCUT2D eigenvalue weighted by Crippen LogP contribution is -2.35. The van der Waals surface area contributed by atoms with Crippen LogP contribution >= 0.6 is 11.3 Å². The van der Waals surface area contributed by atoms with E-state index in [4.69, 9.17) is 4.74 Å². The summed E-state index contributed by atoms with van der Waals surface area (Å²) >= 11 is 1.39. The molecule has 1 aromatic heterocycles. The lowest BCUT2D eigenvalue weighted by Gasteiger charge is -2.16. The Hall–Kier alpha value is -3.19. The maximum atomic E-state index is 12.7. The molecule has 0 aliphatic rings. The smallest absolute Gasteiger partial charge is 0.273 e. The fraction of sp³-hybridized carbons (Fsp3) is 0.227. The van der Waals surface area contributed by atoms with E-state index in [1.165, 1.54) is 16.2 Å². The van der Waals surface area contributed by atoms with Gasteiger partial charge in [0.2, 0.25) is 5.91 Å². The van der Waals surface area contributed by atoms with Crippen LogP contribution in [0.2, 0.25) is 0 Å². The Balaban J connectivity index is 1.64. The van der Waals surface area contributed by atoms with E-state index in [1.807, 2.05) is 56.3 Å². The number of nitrogens with one attached hydrogen (secondary N) is 1. The zero-order valence-electron chi connectivity index (χ0n) is 16.9. The first-order chi connectivity index (χ1) is 13.9. The van der Waals surface area contributed by atoms with E-state index >= 15 is 0 Å². The predicted molar refractivity (Wildman–Crippen MR) is 116 cm³/mol. The number of carbonyl (C=O) groups excluding carboxylic acids is 2. The topological polar surface area (TPSA) is 71.5 Å². The van der Waals surface area contributed by atoms with Crippen LogP contribution in [0, 0.1) is 13.8 Å². The zero-order valence-corrected chi connectivity index (χ0v) is 17.7. The third-order valence-corrected chi connectivity index (χ3v) is 5.56. The van der Waals surface area contributed by atoms with Crippen molar-refractivity contribution in [2.24, 2.45) is 0 Å². The largest absolute Gasteiger partial charge is 0.497 e. The summed E-state index contributed by atoms with van der Waals surface area (Å²) in [6, 6.07) is 13.2. The van der Waals surface area contributed by atoms with E-state index in [0.29, 0.717) is 5.69 Å². The van der Waals surface area contributed by atoms with Crippen molar-refractivity contribution in [1.82, 2.24) is 9.88 Å². The van der Waals surface area contributed by atoms with Gasteiger partial charge in [0.15, 0.2) is 0 Å². The number of ether oxygens (including phenoxy) is 1. The summed E-state index contributed by atoms with van der Waals surface area (Å²) in [6.07, 6.45) is 0. The Morgan fingerprint density at radius 3 is 2.55 bits per heavy atom. The Bertz CT molecular complexity index is 1030. The molecule has 29 heavy (non-hydrogen) atoms. The predicted octanol–water partition coefficient (Wildman–Crippen LogP) is 4.15. The maximum Gasteiger partial charge on any atom is 0.273 e. The number of likely N-dealkylation sites (N-methyl/N-ethyl adjacent to an activating group) is 1. The summed E-state index contributed by atoms with van der Waals surface area (Å²) in [5, 5.41) is 5.32. The van der Waals surface area contributed by atoms with Gasteiger partial charge in [-0.25, -0.2) is 4.98 Å². The molecule has 0 aliphatic heterocycles. The quantitative estimate of drug-likeness (QED) is 0.664. The molecule has 6 nitrogen and oxygen atoms in total. The van der Waals surface area contributed by atoms with Gasteiger partial charge in [-0.05, 0) is 55.3 Å². The molecule has 0 saturated carbocycles. The number of benzene rings is 2. The van der Waals surface area contributed by atoms with Crippen molar-refractivity contribution in [1.29, 1.82) is 0 Å². The van der Waals surface area contributed by atoms with E-state index in [1.54, 1.807) is 19.5 Å². The number of methoxy groups -OCH3 is 1. The van der Waals surface area contributed by atoms with Gasteiger partial charge in [-0.1, -0.05) is 12.1 Å². The molecule has 1 heterocycles. The second kappa shape index (κ2) is 8.87. The van der Waals surface area contributed by atoms with E-state index < -0.39 is 0 Å². The number of anilines is 1. The first-order valence-electron chi connectivity index (χ1n) is 9.10.